The van der Waals surface area contributed by atoms with Gasteiger partial charge in [-0.3, -0.25) is 4.79 Å². The molecule has 0 aliphatic carbocycles. The number of unbranched alkanes of at least 4 members (excludes halogenated alkanes) is 1. The van der Waals surface area contributed by atoms with Gasteiger partial charge in [0.05, 0.1) is 18.8 Å². The summed E-state index contributed by atoms with van der Waals surface area (Å²) in [5.41, 5.74) is 0.480. The van der Waals surface area contributed by atoms with Crippen molar-refractivity contribution < 1.29 is 14.3 Å². The van der Waals surface area contributed by atoms with Crippen LogP contribution < -0.4 is 4.74 Å². The molecule has 1 aromatic heterocycles. The van der Waals surface area contributed by atoms with Crippen molar-refractivity contribution in [2.75, 3.05) is 26.8 Å². The maximum absolute atomic E-state index is 12.2. The highest BCUT2D eigenvalue weighted by atomic mass is 35.5. The van der Waals surface area contributed by atoms with Crippen LogP contribution in [-0.2, 0) is 4.74 Å². The fourth-order valence-corrected chi connectivity index (χ4v) is 2.32. The van der Waals surface area contributed by atoms with Gasteiger partial charge in [0.15, 0.2) is 0 Å². The van der Waals surface area contributed by atoms with Crippen LogP contribution in [0.4, 0.5) is 0 Å². The Balaban J connectivity index is 2.02. The summed E-state index contributed by atoms with van der Waals surface area (Å²) in [6.45, 7) is 4.07. The number of carbonyl (C=O) groups is 1. The molecule has 1 aliphatic heterocycles. The maximum Gasteiger partial charge on any atom is 0.255 e. The Morgan fingerprint density at radius 1 is 1.62 bits per heavy atom. The molecular weight excluding hydrogens is 292 g/mol. The van der Waals surface area contributed by atoms with Gasteiger partial charge in [-0.15, -0.1) is 0 Å². The monoisotopic (exact) mass is 312 g/mol. The van der Waals surface area contributed by atoms with Gasteiger partial charge in [0.25, 0.3) is 5.91 Å². The summed E-state index contributed by atoms with van der Waals surface area (Å²) in [5, 5.41) is 0.358. The van der Waals surface area contributed by atoms with Crippen molar-refractivity contribution >= 4 is 17.5 Å². The summed E-state index contributed by atoms with van der Waals surface area (Å²) in [6, 6.07) is 1.62. The van der Waals surface area contributed by atoms with Crippen LogP contribution in [0.1, 0.15) is 36.5 Å². The molecule has 0 spiro atoms. The highest BCUT2D eigenvalue weighted by Crippen LogP contribution is 2.25. The second-order valence-electron chi connectivity index (χ2n) is 5.19. The van der Waals surface area contributed by atoms with Gasteiger partial charge in [0.1, 0.15) is 11.1 Å². The van der Waals surface area contributed by atoms with E-state index in [-0.39, 0.29) is 12.0 Å². The summed E-state index contributed by atoms with van der Waals surface area (Å²) in [5.74, 6) is 0.286. The van der Waals surface area contributed by atoms with Crippen LogP contribution >= 0.6 is 11.6 Å². The van der Waals surface area contributed by atoms with Gasteiger partial charge in [0.2, 0.25) is 5.88 Å². The van der Waals surface area contributed by atoms with Gasteiger partial charge in [-0.2, -0.15) is 0 Å². The Kier molecular flexibility index (Phi) is 5.82. The predicted molar refractivity (Wildman–Crippen MR) is 81.0 cm³/mol. The molecule has 0 aromatic carbocycles. The maximum atomic E-state index is 12.2. The topological polar surface area (TPSA) is 51.7 Å². The molecule has 2 rings (SSSR count). The summed E-state index contributed by atoms with van der Waals surface area (Å²) in [4.78, 5) is 18.1. The lowest BCUT2D eigenvalue weighted by Crippen LogP contribution is -2.27. The first-order chi connectivity index (χ1) is 10.1. The third-order valence-electron chi connectivity index (χ3n) is 3.41. The molecule has 1 saturated heterocycles. The molecule has 1 fully saturated rings. The number of pyridine rings is 1. The standard InChI is InChI=1S/C15H21ClN2O3/c1-3-4-6-18(2)15(19)11-8-13(16)14(17-9-11)21-12-5-7-20-10-12/h8-9,12H,3-7,10H2,1-2H3. The SMILES string of the molecule is CCCCN(C)C(=O)c1cnc(OC2CCOC2)c(Cl)c1. The van der Waals surface area contributed by atoms with Gasteiger partial charge in [-0.25, -0.2) is 4.98 Å². The average molecular weight is 313 g/mol. The number of hydrogen-bond donors (Lipinski definition) is 0. The van der Waals surface area contributed by atoms with Crippen molar-refractivity contribution in [2.24, 2.45) is 0 Å². The first-order valence-corrected chi connectivity index (χ1v) is 7.65. The first kappa shape index (κ1) is 16.0. The zero-order valence-electron chi connectivity index (χ0n) is 12.5. The first-order valence-electron chi connectivity index (χ1n) is 7.27. The fraction of sp³-hybridized carbons (Fsp3) is 0.600. The van der Waals surface area contributed by atoms with Gasteiger partial charge in [0, 0.05) is 26.2 Å². The molecule has 5 nitrogen and oxygen atoms in total. The molecule has 0 radical (unpaired) electrons. The molecule has 1 unspecified atom stereocenters. The second-order valence-corrected chi connectivity index (χ2v) is 5.60. The van der Waals surface area contributed by atoms with E-state index in [1.807, 2.05) is 0 Å². The highest BCUT2D eigenvalue weighted by molar-refractivity contribution is 6.32. The molecule has 1 amide bonds. The lowest BCUT2D eigenvalue weighted by Gasteiger charge is -2.17. The van der Waals surface area contributed by atoms with E-state index in [9.17, 15) is 4.79 Å². The van der Waals surface area contributed by atoms with Gasteiger partial charge < -0.3 is 14.4 Å². The number of aromatic nitrogens is 1. The van der Waals surface area contributed by atoms with E-state index < -0.39 is 0 Å². The molecule has 21 heavy (non-hydrogen) atoms. The zero-order valence-corrected chi connectivity index (χ0v) is 13.2. The Morgan fingerprint density at radius 2 is 2.43 bits per heavy atom. The zero-order chi connectivity index (χ0) is 15.2. The minimum absolute atomic E-state index is 0.0104. The lowest BCUT2D eigenvalue weighted by molar-refractivity contribution is 0.0792. The van der Waals surface area contributed by atoms with E-state index in [2.05, 4.69) is 11.9 Å². The van der Waals surface area contributed by atoms with E-state index in [0.29, 0.717) is 29.7 Å². The van der Waals surface area contributed by atoms with Crippen molar-refractivity contribution in [3.63, 3.8) is 0 Å². The number of carbonyl (C=O) groups excluding carboxylic acids is 1. The van der Waals surface area contributed by atoms with E-state index in [0.717, 1.165) is 25.8 Å². The van der Waals surface area contributed by atoms with Crippen LogP contribution in [0.2, 0.25) is 5.02 Å². The molecule has 1 atom stereocenters. The molecular formula is C15H21ClN2O3. The molecule has 116 valence electrons. The van der Waals surface area contributed by atoms with Gasteiger partial charge >= 0.3 is 0 Å². The fourth-order valence-electron chi connectivity index (χ4n) is 2.11. The average Bonchev–Trinajstić information content (AvgIpc) is 2.99. The number of nitrogens with zero attached hydrogens (tertiary/aromatic N) is 2. The van der Waals surface area contributed by atoms with Crippen LogP contribution in [0.5, 0.6) is 5.88 Å². The van der Waals surface area contributed by atoms with Crippen LogP contribution in [-0.4, -0.2) is 48.7 Å². The van der Waals surface area contributed by atoms with E-state index in [1.165, 1.54) is 6.20 Å². The summed E-state index contributed by atoms with van der Waals surface area (Å²) in [7, 11) is 1.78. The number of rotatable bonds is 6. The molecule has 2 heterocycles. The van der Waals surface area contributed by atoms with Crippen molar-refractivity contribution in [3.8, 4) is 5.88 Å². The second kappa shape index (κ2) is 7.61. The molecule has 1 aliphatic rings. The Morgan fingerprint density at radius 3 is 3.05 bits per heavy atom. The molecule has 6 heteroatoms. The van der Waals surface area contributed by atoms with Crippen molar-refractivity contribution in [1.82, 2.24) is 9.88 Å². The van der Waals surface area contributed by atoms with Crippen LogP contribution in [0.15, 0.2) is 12.3 Å². The van der Waals surface area contributed by atoms with E-state index in [4.69, 9.17) is 21.1 Å². The van der Waals surface area contributed by atoms with E-state index >= 15 is 0 Å². The Hall–Kier alpha value is -1.33. The summed E-state index contributed by atoms with van der Waals surface area (Å²) in [6.07, 6.45) is 4.36. The van der Waals surface area contributed by atoms with Gasteiger partial charge in [-0.05, 0) is 12.5 Å². The van der Waals surface area contributed by atoms with Crippen molar-refractivity contribution in [2.45, 2.75) is 32.3 Å². The molecule has 0 bridgehead atoms. The Bertz CT molecular complexity index is 490. The number of amides is 1. The predicted octanol–water partition coefficient (Wildman–Crippen LogP) is 2.77. The lowest BCUT2D eigenvalue weighted by atomic mass is 10.2. The number of ether oxygens (including phenoxy) is 2. The van der Waals surface area contributed by atoms with Crippen molar-refractivity contribution in [1.29, 1.82) is 0 Å². The Labute approximate surface area is 130 Å². The normalized spacial score (nSPS) is 17.8. The number of halogens is 1. The third kappa shape index (κ3) is 4.32. The number of hydrogen-bond acceptors (Lipinski definition) is 4. The molecule has 0 saturated carbocycles. The van der Waals surface area contributed by atoms with E-state index in [1.54, 1.807) is 18.0 Å². The largest absolute Gasteiger partial charge is 0.471 e. The summed E-state index contributed by atoms with van der Waals surface area (Å²) >= 11 is 6.16. The molecule has 1 aromatic rings. The minimum Gasteiger partial charge on any atom is -0.471 e. The smallest absolute Gasteiger partial charge is 0.255 e. The van der Waals surface area contributed by atoms with Gasteiger partial charge in [-0.1, -0.05) is 24.9 Å². The van der Waals surface area contributed by atoms with Crippen molar-refractivity contribution in [3.05, 3.63) is 22.8 Å². The summed E-state index contributed by atoms with van der Waals surface area (Å²) < 4.78 is 10.9. The molecule has 0 N–H and O–H groups in total. The highest BCUT2D eigenvalue weighted by Gasteiger charge is 2.20. The van der Waals surface area contributed by atoms with Crippen LogP contribution in [0.3, 0.4) is 0 Å². The van der Waals surface area contributed by atoms with Crippen LogP contribution in [0, 0.1) is 0 Å². The quantitative estimate of drug-likeness (QED) is 0.810. The third-order valence-corrected chi connectivity index (χ3v) is 3.69. The minimum atomic E-state index is -0.0754. The van der Waals surface area contributed by atoms with Crippen LogP contribution in [0.25, 0.3) is 0 Å².